The molecule has 1 saturated heterocycles. The van der Waals surface area contributed by atoms with Crippen molar-refractivity contribution < 1.29 is 14.7 Å². The fourth-order valence-corrected chi connectivity index (χ4v) is 3.36. The summed E-state index contributed by atoms with van der Waals surface area (Å²) in [4.78, 5) is 24.8. The Kier molecular flexibility index (Phi) is 5.09. The molecule has 1 aliphatic rings. The van der Waals surface area contributed by atoms with Crippen LogP contribution in [0.1, 0.15) is 5.56 Å². The maximum Gasteiger partial charge on any atom is 0.327 e. The van der Waals surface area contributed by atoms with Gasteiger partial charge < -0.3 is 15.3 Å². The van der Waals surface area contributed by atoms with Gasteiger partial charge in [0, 0.05) is 22.5 Å². The molecule has 2 amide bonds. The molecule has 0 aliphatic carbocycles. The summed E-state index contributed by atoms with van der Waals surface area (Å²) in [5.74, 6) is 0.0414. The molecule has 1 heterocycles. The van der Waals surface area contributed by atoms with E-state index in [2.05, 4.69) is 21.2 Å². The second-order valence-corrected chi connectivity index (χ2v) is 6.42. The van der Waals surface area contributed by atoms with E-state index in [4.69, 9.17) is 5.26 Å². The topological polar surface area (TPSA) is 93.4 Å². The van der Waals surface area contributed by atoms with Gasteiger partial charge in [-0.2, -0.15) is 17.0 Å². The van der Waals surface area contributed by atoms with Crippen LogP contribution in [0.15, 0.2) is 22.7 Å². The normalized spacial score (nSPS) is 17.9. The van der Waals surface area contributed by atoms with Gasteiger partial charge in [-0.1, -0.05) is 15.9 Å². The monoisotopic (exact) mass is 369 g/mol. The fraction of sp³-hybridized carbons (Fsp3) is 0.308. The highest BCUT2D eigenvalue weighted by Crippen LogP contribution is 2.23. The summed E-state index contributed by atoms with van der Waals surface area (Å²) >= 11 is 4.78. The first-order valence-corrected chi connectivity index (χ1v) is 8.05. The second kappa shape index (κ2) is 6.83. The van der Waals surface area contributed by atoms with E-state index in [0.29, 0.717) is 29.3 Å². The molecule has 2 N–H and O–H groups in total. The summed E-state index contributed by atoms with van der Waals surface area (Å²) in [5.41, 5.74) is 0.684. The Morgan fingerprint density at radius 3 is 2.95 bits per heavy atom. The third-order valence-corrected chi connectivity index (χ3v) is 4.53. The van der Waals surface area contributed by atoms with Gasteiger partial charge in [0.15, 0.2) is 0 Å². The number of nitrogens with one attached hydrogen (secondary N) is 1. The van der Waals surface area contributed by atoms with Gasteiger partial charge in [0.25, 0.3) is 0 Å². The summed E-state index contributed by atoms with van der Waals surface area (Å²) in [6.07, 6.45) is 0. The number of anilines is 1. The molecular formula is C13H12BrN3O3S. The molecule has 1 unspecified atom stereocenters. The molecule has 0 spiro atoms. The van der Waals surface area contributed by atoms with Crippen LogP contribution in [0, 0.1) is 11.3 Å². The molecule has 6 nitrogen and oxygen atoms in total. The van der Waals surface area contributed by atoms with Crippen molar-refractivity contribution in [1.82, 2.24) is 4.90 Å². The number of nitriles is 1. The smallest absolute Gasteiger partial charge is 0.327 e. The van der Waals surface area contributed by atoms with Gasteiger partial charge in [-0.15, -0.1) is 0 Å². The minimum atomic E-state index is -1.02. The first-order chi connectivity index (χ1) is 10.0. The average molecular weight is 370 g/mol. The van der Waals surface area contributed by atoms with E-state index in [0.717, 1.165) is 4.47 Å². The number of carboxylic acids is 1. The number of nitrogens with zero attached hydrogens (tertiary/aromatic N) is 2. The Morgan fingerprint density at radius 1 is 1.52 bits per heavy atom. The molecule has 0 radical (unpaired) electrons. The SMILES string of the molecule is N#Cc1ccc(Br)cc1NC(=O)N1CCSCC1C(=O)O. The summed E-state index contributed by atoms with van der Waals surface area (Å²) in [7, 11) is 0. The molecule has 110 valence electrons. The maximum absolute atomic E-state index is 12.3. The van der Waals surface area contributed by atoms with E-state index in [9.17, 15) is 14.7 Å². The lowest BCUT2D eigenvalue weighted by Gasteiger charge is -2.32. The van der Waals surface area contributed by atoms with Gasteiger partial charge in [0.2, 0.25) is 0 Å². The molecule has 21 heavy (non-hydrogen) atoms. The van der Waals surface area contributed by atoms with Crippen LogP contribution in [-0.4, -0.2) is 46.1 Å². The minimum absolute atomic E-state index is 0.324. The van der Waals surface area contributed by atoms with Crippen LogP contribution in [0.25, 0.3) is 0 Å². The number of hydrogen-bond acceptors (Lipinski definition) is 4. The van der Waals surface area contributed by atoms with Gasteiger partial charge in [0.05, 0.1) is 11.3 Å². The third kappa shape index (κ3) is 3.68. The van der Waals surface area contributed by atoms with Crippen molar-refractivity contribution in [3.8, 4) is 6.07 Å². The van der Waals surface area contributed by atoms with Crippen molar-refractivity contribution in [2.75, 3.05) is 23.4 Å². The second-order valence-electron chi connectivity index (χ2n) is 4.35. The average Bonchev–Trinajstić information content (AvgIpc) is 2.47. The highest BCUT2D eigenvalue weighted by molar-refractivity contribution is 9.10. The van der Waals surface area contributed by atoms with Gasteiger partial charge in [-0.05, 0) is 18.2 Å². The summed E-state index contributed by atoms with van der Waals surface area (Å²) in [6.45, 7) is 0.364. The number of aliphatic carboxylic acids is 1. The molecule has 8 heteroatoms. The van der Waals surface area contributed by atoms with E-state index >= 15 is 0 Å². The van der Waals surface area contributed by atoms with Crippen molar-refractivity contribution in [3.63, 3.8) is 0 Å². The largest absolute Gasteiger partial charge is 0.480 e. The van der Waals surface area contributed by atoms with E-state index in [1.807, 2.05) is 6.07 Å². The fourth-order valence-electron chi connectivity index (χ4n) is 1.96. The lowest BCUT2D eigenvalue weighted by molar-refractivity contribution is -0.141. The number of carbonyl (C=O) groups excluding carboxylic acids is 1. The maximum atomic E-state index is 12.3. The number of hydrogen-bond donors (Lipinski definition) is 2. The van der Waals surface area contributed by atoms with E-state index in [-0.39, 0.29) is 0 Å². The van der Waals surface area contributed by atoms with Gasteiger partial charge in [-0.25, -0.2) is 9.59 Å². The van der Waals surface area contributed by atoms with Gasteiger partial charge >= 0.3 is 12.0 Å². The van der Waals surface area contributed by atoms with Crippen molar-refractivity contribution in [2.24, 2.45) is 0 Å². The number of carboxylic acid groups (broad SMARTS) is 1. The van der Waals surface area contributed by atoms with E-state index < -0.39 is 18.0 Å². The van der Waals surface area contributed by atoms with Crippen molar-refractivity contribution in [1.29, 1.82) is 5.26 Å². The van der Waals surface area contributed by atoms with Crippen LogP contribution >= 0.6 is 27.7 Å². The van der Waals surface area contributed by atoms with Crippen LogP contribution in [0.5, 0.6) is 0 Å². The molecule has 2 rings (SSSR count). The number of benzene rings is 1. The highest BCUT2D eigenvalue weighted by Gasteiger charge is 2.32. The minimum Gasteiger partial charge on any atom is -0.480 e. The van der Waals surface area contributed by atoms with Crippen molar-refractivity contribution in [3.05, 3.63) is 28.2 Å². The standard InChI is InChI=1S/C13H12BrN3O3S/c14-9-2-1-8(6-15)10(5-9)16-13(20)17-3-4-21-7-11(17)12(18)19/h1-2,5,11H,3-4,7H2,(H,16,20)(H,18,19). The zero-order valence-electron chi connectivity index (χ0n) is 10.9. The molecule has 0 aromatic heterocycles. The lowest BCUT2D eigenvalue weighted by atomic mass is 10.2. The number of amides is 2. The van der Waals surface area contributed by atoms with Crippen LogP contribution < -0.4 is 5.32 Å². The Labute approximate surface area is 134 Å². The summed E-state index contributed by atoms with van der Waals surface area (Å²) < 4.78 is 0.723. The predicted octanol–water partition coefficient (Wildman–Crippen LogP) is 2.35. The van der Waals surface area contributed by atoms with Crippen LogP contribution in [0.3, 0.4) is 0 Å². The first kappa shape index (κ1) is 15.7. The third-order valence-electron chi connectivity index (χ3n) is 3.02. The van der Waals surface area contributed by atoms with Gasteiger partial charge in [-0.3, -0.25) is 0 Å². The van der Waals surface area contributed by atoms with Crippen LogP contribution in [0.4, 0.5) is 10.5 Å². The van der Waals surface area contributed by atoms with Crippen LogP contribution in [0.2, 0.25) is 0 Å². The van der Waals surface area contributed by atoms with Crippen molar-refractivity contribution >= 4 is 45.4 Å². The lowest BCUT2D eigenvalue weighted by Crippen LogP contribution is -2.51. The zero-order chi connectivity index (χ0) is 15.4. The number of carbonyl (C=O) groups is 2. The number of thioether (sulfide) groups is 1. The number of rotatable bonds is 2. The number of halogens is 1. The summed E-state index contributed by atoms with van der Waals surface area (Å²) in [5, 5.41) is 20.8. The Morgan fingerprint density at radius 2 is 2.29 bits per heavy atom. The molecule has 1 fully saturated rings. The summed E-state index contributed by atoms with van der Waals surface area (Å²) in [6, 6.07) is 5.54. The first-order valence-electron chi connectivity index (χ1n) is 6.10. The van der Waals surface area contributed by atoms with Crippen LogP contribution in [-0.2, 0) is 4.79 Å². The van der Waals surface area contributed by atoms with E-state index in [1.165, 1.54) is 16.7 Å². The molecule has 0 saturated carbocycles. The molecule has 1 aliphatic heterocycles. The molecule has 1 aromatic rings. The molecule has 1 atom stereocenters. The van der Waals surface area contributed by atoms with Gasteiger partial charge in [0.1, 0.15) is 12.1 Å². The zero-order valence-corrected chi connectivity index (χ0v) is 13.3. The quantitative estimate of drug-likeness (QED) is 0.834. The Bertz CT molecular complexity index is 617. The molecule has 1 aromatic carbocycles. The van der Waals surface area contributed by atoms with E-state index in [1.54, 1.807) is 18.2 Å². The molecule has 0 bridgehead atoms. The number of urea groups is 1. The Balaban J connectivity index is 2.19. The highest BCUT2D eigenvalue weighted by atomic mass is 79.9. The molecular weight excluding hydrogens is 358 g/mol. The predicted molar refractivity (Wildman–Crippen MR) is 83.3 cm³/mol. The van der Waals surface area contributed by atoms with Crippen molar-refractivity contribution in [2.45, 2.75) is 6.04 Å². The Hall–Kier alpha value is -1.72.